The van der Waals surface area contributed by atoms with Crippen LogP contribution in [0.5, 0.6) is 0 Å². The van der Waals surface area contributed by atoms with E-state index < -0.39 is 0 Å². The molecule has 2 rings (SSSR count). The number of hydrogen-bond acceptors (Lipinski definition) is 1. The van der Waals surface area contributed by atoms with Crippen molar-refractivity contribution in [3.8, 4) is 0 Å². The Balaban J connectivity index is 2.22. The molecule has 0 N–H and O–H groups in total. The fraction of sp³-hybridized carbons (Fsp3) is 0.154. The minimum Gasteiger partial charge on any atom is -0.349 e. The third-order valence-electron chi connectivity index (χ3n) is 2.53. The molecule has 1 heterocycles. The van der Waals surface area contributed by atoms with Crippen LogP contribution in [0, 0.1) is 5.82 Å². The molecule has 0 radical (unpaired) electrons. The van der Waals surface area contributed by atoms with Crippen molar-refractivity contribution in [2.75, 3.05) is 0 Å². The molecule has 0 atom stereocenters. The molecule has 1 aromatic carbocycles. The van der Waals surface area contributed by atoms with Gasteiger partial charge in [-0.3, -0.25) is 4.79 Å². The molecule has 0 saturated heterocycles. The van der Waals surface area contributed by atoms with Gasteiger partial charge in [0.05, 0.1) is 0 Å². The second-order valence-electron chi connectivity index (χ2n) is 3.86. The standard InChI is InChI=1S/C13H11BrFNO/c1-9(17)10-4-5-16(7-10)8-11-2-3-12(15)6-13(11)14/h2-7H,8H2,1H3. The molecule has 0 fully saturated rings. The number of nitrogens with zero attached hydrogens (tertiary/aromatic N) is 1. The SMILES string of the molecule is CC(=O)c1ccn(Cc2ccc(F)cc2Br)c1. The first-order chi connectivity index (χ1) is 8.06. The Labute approximate surface area is 107 Å². The highest BCUT2D eigenvalue weighted by Gasteiger charge is 2.05. The molecule has 0 aliphatic heterocycles. The minimum atomic E-state index is -0.266. The number of rotatable bonds is 3. The topological polar surface area (TPSA) is 22.0 Å². The number of ketones is 1. The first-order valence-corrected chi connectivity index (χ1v) is 5.96. The van der Waals surface area contributed by atoms with Gasteiger partial charge in [-0.1, -0.05) is 22.0 Å². The van der Waals surface area contributed by atoms with Crippen LogP contribution < -0.4 is 0 Å². The Kier molecular flexibility index (Phi) is 3.43. The zero-order valence-electron chi connectivity index (χ0n) is 9.28. The lowest BCUT2D eigenvalue weighted by molar-refractivity contribution is 0.101. The molecule has 1 aromatic heterocycles. The van der Waals surface area contributed by atoms with E-state index in [1.165, 1.54) is 19.1 Å². The predicted octanol–water partition coefficient (Wildman–Crippen LogP) is 3.64. The van der Waals surface area contributed by atoms with Gasteiger partial charge < -0.3 is 4.57 Å². The van der Waals surface area contributed by atoms with Crippen molar-refractivity contribution < 1.29 is 9.18 Å². The van der Waals surface area contributed by atoms with E-state index in [9.17, 15) is 9.18 Å². The molecular weight excluding hydrogens is 285 g/mol. The normalized spacial score (nSPS) is 10.5. The average Bonchev–Trinajstić information content (AvgIpc) is 2.71. The maximum Gasteiger partial charge on any atom is 0.161 e. The smallest absolute Gasteiger partial charge is 0.161 e. The summed E-state index contributed by atoms with van der Waals surface area (Å²) in [7, 11) is 0. The van der Waals surface area contributed by atoms with Crippen molar-refractivity contribution in [2.24, 2.45) is 0 Å². The van der Waals surface area contributed by atoms with E-state index in [1.54, 1.807) is 18.3 Å². The molecule has 2 aromatic rings. The highest BCUT2D eigenvalue weighted by atomic mass is 79.9. The Bertz CT molecular complexity index is 562. The molecule has 17 heavy (non-hydrogen) atoms. The number of carbonyl (C=O) groups excluding carboxylic acids is 1. The molecule has 0 saturated carbocycles. The summed E-state index contributed by atoms with van der Waals surface area (Å²) >= 11 is 3.32. The van der Waals surface area contributed by atoms with Gasteiger partial charge >= 0.3 is 0 Å². The van der Waals surface area contributed by atoms with Crippen LogP contribution in [0.4, 0.5) is 4.39 Å². The summed E-state index contributed by atoms with van der Waals surface area (Å²) < 4.78 is 15.5. The molecule has 4 heteroatoms. The van der Waals surface area contributed by atoms with E-state index in [1.807, 2.05) is 10.8 Å². The lowest BCUT2D eigenvalue weighted by atomic mass is 10.2. The Morgan fingerprint density at radius 3 is 2.76 bits per heavy atom. The van der Waals surface area contributed by atoms with Crippen LogP contribution in [-0.2, 0) is 6.54 Å². The number of carbonyl (C=O) groups is 1. The average molecular weight is 296 g/mol. The van der Waals surface area contributed by atoms with E-state index >= 15 is 0 Å². The largest absolute Gasteiger partial charge is 0.349 e. The van der Waals surface area contributed by atoms with Crippen molar-refractivity contribution >= 4 is 21.7 Å². The first kappa shape index (κ1) is 12.0. The third kappa shape index (κ3) is 2.82. The summed E-state index contributed by atoms with van der Waals surface area (Å²) in [6.45, 7) is 2.14. The van der Waals surface area contributed by atoms with Gasteiger partial charge in [-0.25, -0.2) is 4.39 Å². The van der Waals surface area contributed by atoms with Crippen LogP contribution in [0.25, 0.3) is 0 Å². The van der Waals surface area contributed by atoms with Crippen molar-refractivity contribution in [2.45, 2.75) is 13.5 Å². The number of Topliss-reactive ketones (excluding diaryl/α,β-unsaturated/α-hetero) is 1. The maximum atomic E-state index is 12.9. The van der Waals surface area contributed by atoms with Crippen LogP contribution in [0.15, 0.2) is 41.1 Å². The van der Waals surface area contributed by atoms with Crippen molar-refractivity contribution in [3.05, 3.63) is 58.1 Å². The molecule has 0 amide bonds. The van der Waals surface area contributed by atoms with Gasteiger partial charge in [0.15, 0.2) is 5.78 Å². The van der Waals surface area contributed by atoms with Crippen LogP contribution in [-0.4, -0.2) is 10.4 Å². The van der Waals surface area contributed by atoms with Crippen molar-refractivity contribution in [1.29, 1.82) is 0 Å². The van der Waals surface area contributed by atoms with Gasteiger partial charge in [0.1, 0.15) is 5.82 Å². The fourth-order valence-electron chi connectivity index (χ4n) is 1.59. The molecule has 88 valence electrons. The molecule has 2 nitrogen and oxygen atoms in total. The minimum absolute atomic E-state index is 0.0434. The summed E-state index contributed by atoms with van der Waals surface area (Å²) in [5, 5.41) is 0. The second-order valence-corrected chi connectivity index (χ2v) is 4.72. The van der Waals surface area contributed by atoms with Gasteiger partial charge in [-0.15, -0.1) is 0 Å². The first-order valence-electron chi connectivity index (χ1n) is 5.17. The highest BCUT2D eigenvalue weighted by Crippen LogP contribution is 2.19. The zero-order chi connectivity index (χ0) is 12.4. The number of halogens is 2. The lowest BCUT2D eigenvalue weighted by Gasteiger charge is -2.05. The summed E-state index contributed by atoms with van der Waals surface area (Å²) in [5.41, 5.74) is 1.65. The monoisotopic (exact) mass is 295 g/mol. The Morgan fingerprint density at radius 1 is 1.41 bits per heavy atom. The third-order valence-corrected chi connectivity index (χ3v) is 3.26. The molecular formula is C13H11BrFNO. The lowest BCUT2D eigenvalue weighted by Crippen LogP contribution is -1.98. The van der Waals surface area contributed by atoms with Gasteiger partial charge in [0.2, 0.25) is 0 Å². The molecule has 0 bridgehead atoms. The van der Waals surface area contributed by atoms with E-state index in [-0.39, 0.29) is 11.6 Å². The van der Waals surface area contributed by atoms with Gasteiger partial charge in [0, 0.05) is 29.0 Å². The van der Waals surface area contributed by atoms with E-state index in [4.69, 9.17) is 0 Å². The van der Waals surface area contributed by atoms with Gasteiger partial charge in [0.25, 0.3) is 0 Å². The molecule has 0 unspecified atom stereocenters. The molecule has 0 spiro atoms. The summed E-state index contributed by atoms with van der Waals surface area (Å²) in [6.07, 6.45) is 3.63. The zero-order valence-corrected chi connectivity index (χ0v) is 10.9. The van der Waals surface area contributed by atoms with Gasteiger partial charge in [-0.05, 0) is 30.7 Å². The van der Waals surface area contributed by atoms with Crippen LogP contribution in [0.3, 0.4) is 0 Å². The summed E-state index contributed by atoms with van der Waals surface area (Å²) in [5.74, 6) is -0.223. The molecule has 0 aliphatic rings. The predicted molar refractivity (Wildman–Crippen MR) is 67.6 cm³/mol. The van der Waals surface area contributed by atoms with E-state index in [0.29, 0.717) is 12.1 Å². The fourth-order valence-corrected chi connectivity index (χ4v) is 2.07. The van der Waals surface area contributed by atoms with Crippen LogP contribution >= 0.6 is 15.9 Å². The highest BCUT2D eigenvalue weighted by molar-refractivity contribution is 9.10. The van der Waals surface area contributed by atoms with Crippen molar-refractivity contribution in [3.63, 3.8) is 0 Å². The number of benzene rings is 1. The quantitative estimate of drug-likeness (QED) is 0.793. The molecule has 0 aliphatic carbocycles. The number of aromatic nitrogens is 1. The second kappa shape index (κ2) is 4.84. The van der Waals surface area contributed by atoms with Crippen molar-refractivity contribution in [1.82, 2.24) is 4.57 Å². The Morgan fingerprint density at radius 2 is 2.18 bits per heavy atom. The van der Waals surface area contributed by atoms with Gasteiger partial charge in [-0.2, -0.15) is 0 Å². The van der Waals surface area contributed by atoms with Crippen LogP contribution in [0.1, 0.15) is 22.8 Å². The summed E-state index contributed by atoms with van der Waals surface area (Å²) in [6, 6.07) is 6.37. The maximum absolute atomic E-state index is 12.9. The van der Waals surface area contributed by atoms with E-state index in [0.717, 1.165) is 10.0 Å². The van der Waals surface area contributed by atoms with E-state index in [2.05, 4.69) is 15.9 Å². The van der Waals surface area contributed by atoms with Crippen LogP contribution in [0.2, 0.25) is 0 Å². The Hall–Kier alpha value is -1.42. The number of hydrogen-bond donors (Lipinski definition) is 0. The summed E-state index contributed by atoms with van der Waals surface area (Å²) in [4.78, 5) is 11.2.